The highest BCUT2D eigenvalue weighted by Crippen LogP contribution is 2.30. The van der Waals surface area contributed by atoms with Gasteiger partial charge in [0, 0.05) is 11.1 Å². The lowest BCUT2D eigenvalue weighted by molar-refractivity contribution is 0.0150. The zero-order valence-electron chi connectivity index (χ0n) is 8.95. The molecule has 16 heavy (non-hydrogen) atoms. The largest absolute Gasteiger partial charge is 0.390 e. The molecular formula is C11H15ClFNO2. The van der Waals surface area contributed by atoms with Crippen molar-refractivity contribution in [3.63, 3.8) is 0 Å². The Morgan fingerprint density at radius 2 is 2.06 bits per heavy atom. The van der Waals surface area contributed by atoms with E-state index in [2.05, 4.69) is 0 Å². The lowest BCUT2D eigenvalue weighted by atomic mass is 10.00. The molecule has 2 atom stereocenters. The van der Waals surface area contributed by atoms with Gasteiger partial charge in [-0.15, -0.1) is 0 Å². The summed E-state index contributed by atoms with van der Waals surface area (Å²) in [5.41, 5.74) is 5.86. The number of halogens is 2. The molecule has 0 bridgehead atoms. The van der Waals surface area contributed by atoms with Crippen LogP contribution in [0.5, 0.6) is 0 Å². The van der Waals surface area contributed by atoms with Gasteiger partial charge in [0.1, 0.15) is 11.9 Å². The molecule has 0 saturated carbocycles. The summed E-state index contributed by atoms with van der Waals surface area (Å²) in [4.78, 5) is 0. The number of rotatable bonds is 4. The SMILES string of the molecule is Cc1c(F)ccc(C(O)C(O)CCN)c1Cl. The van der Waals surface area contributed by atoms with Crippen LogP contribution in [-0.2, 0) is 0 Å². The molecule has 1 rings (SSSR count). The number of benzene rings is 1. The molecule has 0 saturated heterocycles. The van der Waals surface area contributed by atoms with Gasteiger partial charge >= 0.3 is 0 Å². The number of hydrogen-bond donors (Lipinski definition) is 3. The average Bonchev–Trinajstić information content (AvgIpc) is 2.26. The molecule has 0 aliphatic heterocycles. The standard InChI is InChI=1S/C11H15ClFNO2/c1-6-8(13)3-2-7(10(6)12)11(16)9(15)4-5-14/h2-3,9,11,15-16H,4-5,14H2,1H3. The van der Waals surface area contributed by atoms with E-state index < -0.39 is 18.0 Å². The predicted octanol–water partition coefficient (Wildman–Crippen LogP) is 1.53. The summed E-state index contributed by atoms with van der Waals surface area (Å²) in [6.45, 7) is 1.78. The fourth-order valence-electron chi connectivity index (χ4n) is 1.45. The van der Waals surface area contributed by atoms with Gasteiger partial charge in [-0.25, -0.2) is 4.39 Å². The molecule has 0 radical (unpaired) electrons. The third-order valence-corrected chi connectivity index (χ3v) is 3.00. The summed E-state index contributed by atoms with van der Waals surface area (Å²) in [6, 6.07) is 2.59. The number of aliphatic hydroxyl groups is 2. The van der Waals surface area contributed by atoms with E-state index in [4.69, 9.17) is 17.3 Å². The quantitative estimate of drug-likeness (QED) is 0.756. The fraction of sp³-hybridized carbons (Fsp3) is 0.455. The summed E-state index contributed by atoms with van der Waals surface area (Å²) < 4.78 is 13.1. The van der Waals surface area contributed by atoms with Gasteiger partial charge in [0.2, 0.25) is 0 Å². The Morgan fingerprint density at radius 1 is 1.44 bits per heavy atom. The molecule has 0 aromatic heterocycles. The van der Waals surface area contributed by atoms with Crippen molar-refractivity contribution in [1.82, 2.24) is 0 Å². The van der Waals surface area contributed by atoms with E-state index in [0.29, 0.717) is 5.56 Å². The highest BCUT2D eigenvalue weighted by atomic mass is 35.5. The van der Waals surface area contributed by atoms with Crippen molar-refractivity contribution in [2.24, 2.45) is 5.73 Å². The van der Waals surface area contributed by atoms with E-state index in [9.17, 15) is 14.6 Å². The minimum atomic E-state index is -1.14. The van der Waals surface area contributed by atoms with E-state index in [1.54, 1.807) is 0 Å². The van der Waals surface area contributed by atoms with Gasteiger partial charge in [0.15, 0.2) is 0 Å². The van der Waals surface area contributed by atoms with Gasteiger partial charge in [-0.05, 0) is 26.0 Å². The van der Waals surface area contributed by atoms with Crippen LogP contribution >= 0.6 is 11.6 Å². The smallest absolute Gasteiger partial charge is 0.127 e. The molecule has 0 spiro atoms. The van der Waals surface area contributed by atoms with Crippen LogP contribution in [0.25, 0.3) is 0 Å². The Morgan fingerprint density at radius 3 is 2.62 bits per heavy atom. The Hall–Kier alpha value is -0.680. The van der Waals surface area contributed by atoms with E-state index >= 15 is 0 Å². The second kappa shape index (κ2) is 5.59. The van der Waals surface area contributed by atoms with E-state index in [-0.39, 0.29) is 23.6 Å². The maximum absolute atomic E-state index is 13.1. The maximum Gasteiger partial charge on any atom is 0.127 e. The lowest BCUT2D eigenvalue weighted by Gasteiger charge is -2.19. The van der Waals surface area contributed by atoms with Gasteiger partial charge < -0.3 is 15.9 Å². The van der Waals surface area contributed by atoms with Crippen LogP contribution in [0.2, 0.25) is 5.02 Å². The highest BCUT2D eigenvalue weighted by molar-refractivity contribution is 6.32. The molecule has 0 aliphatic rings. The number of nitrogens with two attached hydrogens (primary N) is 1. The minimum absolute atomic E-state index is 0.142. The van der Waals surface area contributed by atoms with Crippen molar-refractivity contribution < 1.29 is 14.6 Å². The normalized spacial score (nSPS) is 14.9. The van der Waals surface area contributed by atoms with Gasteiger partial charge in [-0.3, -0.25) is 0 Å². The molecule has 1 aromatic rings. The maximum atomic E-state index is 13.1. The van der Waals surface area contributed by atoms with Crippen LogP contribution in [0.1, 0.15) is 23.7 Å². The van der Waals surface area contributed by atoms with Crippen LogP contribution in [0.15, 0.2) is 12.1 Å². The highest BCUT2D eigenvalue weighted by Gasteiger charge is 2.21. The van der Waals surface area contributed by atoms with Crippen molar-refractivity contribution in [3.8, 4) is 0 Å². The van der Waals surface area contributed by atoms with E-state index in [1.165, 1.54) is 19.1 Å². The van der Waals surface area contributed by atoms with Crippen molar-refractivity contribution in [3.05, 3.63) is 34.1 Å². The number of hydrogen-bond acceptors (Lipinski definition) is 3. The van der Waals surface area contributed by atoms with Crippen molar-refractivity contribution in [2.45, 2.75) is 25.6 Å². The van der Waals surface area contributed by atoms with Crippen LogP contribution in [-0.4, -0.2) is 22.9 Å². The summed E-state index contributed by atoms with van der Waals surface area (Å²) in [5, 5.41) is 19.5. The van der Waals surface area contributed by atoms with Gasteiger partial charge in [-0.2, -0.15) is 0 Å². The first-order valence-corrected chi connectivity index (χ1v) is 5.37. The summed E-state index contributed by atoms with van der Waals surface area (Å²) >= 11 is 5.90. The van der Waals surface area contributed by atoms with Gasteiger partial charge in [0.25, 0.3) is 0 Å². The molecule has 0 aliphatic carbocycles. The molecule has 3 nitrogen and oxygen atoms in total. The summed E-state index contributed by atoms with van der Waals surface area (Å²) in [6.07, 6.45) is -1.88. The second-order valence-electron chi connectivity index (χ2n) is 3.67. The van der Waals surface area contributed by atoms with Crippen LogP contribution in [0, 0.1) is 12.7 Å². The van der Waals surface area contributed by atoms with Gasteiger partial charge in [-0.1, -0.05) is 17.7 Å². The number of aliphatic hydroxyl groups excluding tert-OH is 2. The summed E-state index contributed by atoms with van der Waals surface area (Å²) in [7, 11) is 0. The minimum Gasteiger partial charge on any atom is -0.390 e. The lowest BCUT2D eigenvalue weighted by Crippen LogP contribution is -2.22. The average molecular weight is 248 g/mol. The third kappa shape index (κ3) is 2.71. The zero-order chi connectivity index (χ0) is 12.3. The third-order valence-electron chi connectivity index (χ3n) is 2.50. The summed E-state index contributed by atoms with van der Waals surface area (Å²) in [5.74, 6) is -0.436. The van der Waals surface area contributed by atoms with E-state index in [1.807, 2.05) is 0 Å². The second-order valence-corrected chi connectivity index (χ2v) is 4.04. The van der Waals surface area contributed by atoms with Crippen LogP contribution < -0.4 is 5.73 Å². The molecule has 0 fully saturated rings. The van der Waals surface area contributed by atoms with Crippen molar-refractivity contribution in [2.75, 3.05) is 6.54 Å². The predicted molar refractivity (Wildman–Crippen MR) is 60.8 cm³/mol. The Labute approximate surface area is 98.7 Å². The fourth-order valence-corrected chi connectivity index (χ4v) is 1.71. The molecular weight excluding hydrogens is 233 g/mol. The van der Waals surface area contributed by atoms with Crippen LogP contribution in [0.3, 0.4) is 0 Å². The first-order valence-electron chi connectivity index (χ1n) is 4.99. The van der Waals surface area contributed by atoms with Crippen molar-refractivity contribution in [1.29, 1.82) is 0 Å². The molecule has 2 unspecified atom stereocenters. The molecule has 0 amide bonds. The zero-order valence-corrected chi connectivity index (χ0v) is 9.71. The van der Waals surface area contributed by atoms with E-state index in [0.717, 1.165) is 0 Å². The first-order chi connectivity index (χ1) is 7.49. The molecule has 4 N–H and O–H groups in total. The van der Waals surface area contributed by atoms with Gasteiger partial charge in [0.05, 0.1) is 11.1 Å². The molecule has 0 heterocycles. The monoisotopic (exact) mass is 247 g/mol. The van der Waals surface area contributed by atoms with Crippen molar-refractivity contribution >= 4 is 11.6 Å². The molecule has 1 aromatic carbocycles. The topological polar surface area (TPSA) is 66.5 Å². The first kappa shape index (κ1) is 13.4. The Bertz CT molecular complexity index is 373. The Balaban J connectivity index is 3.00. The molecule has 90 valence electrons. The van der Waals surface area contributed by atoms with Crippen LogP contribution in [0.4, 0.5) is 4.39 Å². The molecule has 5 heteroatoms. The Kier molecular flexibility index (Phi) is 4.68.